The van der Waals surface area contributed by atoms with E-state index in [0.717, 1.165) is 53.7 Å². The molecule has 4 rings (SSSR count). The summed E-state index contributed by atoms with van der Waals surface area (Å²) in [6.07, 6.45) is 4.28. The Labute approximate surface area is 181 Å². The van der Waals surface area contributed by atoms with Gasteiger partial charge >= 0.3 is 0 Å². The van der Waals surface area contributed by atoms with Gasteiger partial charge in [0.25, 0.3) is 0 Å². The molecule has 3 aromatic rings. The standard InChI is InChI=1S/C24H25ClN2O3/c1-3-24(28)27-10-8-19(9-11-27)30-18-6-4-16(5-7-18)17-12-21-22(25)13-20(29-2)14-23(21)26-15-17/h4-7,12-15,19H,3,8-11H2,1-2H3. The number of halogens is 1. The van der Waals surface area contributed by atoms with E-state index in [4.69, 9.17) is 21.1 Å². The molecule has 2 aromatic carbocycles. The highest BCUT2D eigenvalue weighted by Crippen LogP contribution is 2.32. The summed E-state index contributed by atoms with van der Waals surface area (Å²) in [7, 11) is 1.61. The average Bonchev–Trinajstić information content (AvgIpc) is 2.79. The number of pyridine rings is 1. The van der Waals surface area contributed by atoms with Crippen molar-refractivity contribution in [1.29, 1.82) is 0 Å². The molecule has 0 bridgehead atoms. The first-order chi connectivity index (χ1) is 14.6. The van der Waals surface area contributed by atoms with Crippen LogP contribution in [0.3, 0.4) is 0 Å². The summed E-state index contributed by atoms with van der Waals surface area (Å²) in [6, 6.07) is 13.8. The van der Waals surface area contributed by atoms with Crippen molar-refractivity contribution in [3.05, 3.63) is 53.7 Å². The lowest BCUT2D eigenvalue weighted by Gasteiger charge is -2.32. The lowest BCUT2D eigenvalue weighted by Crippen LogP contribution is -2.41. The Kier molecular flexibility index (Phi) is 6.09. The molecule has 1 saturated heterocycles. The maximum atomic E-state index is 11.8. The van der Waals surface area contributed by atoms with Crippen molar-refractivity contribution < 1.29 is 14.3 Å². The zero-order chi connectivity index (χ0) is 21.1. The minimum absolute atomic E-state index is 0.146. The van der Waals surface area contributed by atoms with Crippen LogP contribution >= 0.6 is 11.6 Å². The summed E-state index contributed by atoms with van der Waals surface area (Å²) in [4.78, 5) is 18.3. The van der Waals surface area contributed by atoms with E-state index in [2.05, 4.69) is 4.98 Å². The van der Waals surface area contributed by atoms with Crippen molar-refractivity contribution in [2.75, 3.05) is 20.2 Å². The summed E-state index contributed by atoms with van der Waals surface area (Å²) < 4.78 is 11.4. The molecule has 0 atom stereocenters. The van der Waals surface area contributed by atoms with Gasteiger partial charge in [-0.1, -0.05) is 30.7 Å². The van der Waals surface area contributed by atoms with Crippen LogP contribution in [0.5, 0.6) is 11.5 Å². The van der Waals surface area contributed by atoms with Gasteiger partial charge in [-0.3, -0.25) is 9.78 Å². The molecule has 0 unspecified atom stereocenters. The van der Waals surface area contributed by atoms with E-state index in [1.165, 1.54) is 0 Å². The minimum atomic E-state index is 0.146. The number of ether oxygens (including phenoxy) is 2. The van der Waals surface area contributed by atoms with E-state index < -0.39 is 0 Å². The number of rotatable bonds is 5. The maximum absolute atomic E-state index is 11.8. The number of hydrogen-bond acceptors (Lipinski definition) is 4. The third-order valence-corrected chi connectivity index (χ3v) is 5.86. The second-order valence-corrected chi connectivity index (χ2v) is 7.88. The molecule has 1 aromatic heterocycles. The number of hydrogen-bond donors (Lipinski definition) is 0. The normalized spacial score (nSPS) is 14.7. The van der Waals surface area contributed by atoms with Gasteiger partial charge in [-0.25, -0.2) is 0 Å². The molecule has 6 heteroatoms. The number of methoxy groups -OCH3 is 1. The largest absolute Gasteiger partial charge is 0.497 e. The zero-order valence-corrected chi connectivity index (χ0v) is 18.0. The first-order valence-electron chi connectivity index (χ1n) is 10.3. The Hall–Kier alpha value is -2.79. The molecule has 156 valence electrons. The Bertz CT molecular complexity index is 1040. The van der Waals surface area contributed by atoms with E-state index >= 15 is 0 Å². The van der Waals surface area contributed by atoms with E-state index in [1.54, 1.807) is 13.2 Å². The fraction of sp³-hybridized carbons (Fsp3) is 0.333. The molecule has 1 aliphatic heterocycles. The second kappa shape index (κ2) is 8.92. The van der Waals surface area contributed by atoms with Gasteiger partial charge in [0.2, 0.25) is 5.91 Å². The van der Waals surface area contributed by atoms with E-state index in [-0.39, 0.29) is 12.0 Å². The van der Waals surface area contributed by atoms with Gasteiger partial charge in [0.1, 0.15) is 17.6 Å². The number of nitrogens with zero attached hydrogens (tertiary/aromatic N) is 2. The number of aromatic nitrogens is 1. The Morgan fingerprint density at radius 1 is 1.10 bits per heavy atom. The van der Waals surface area contributed by atoms with Crippen molar-refractivity contribution >= 4 is 28.4 Å². The maximum Gasteiger partial charge on any atom is 0.222 e. The van der Waals surface area contributed by atoms with Crippen molar-refractivity contribution in [1.82, 2.24) is 9.88 Å². The van der Waals surface area contributed by atoms with Gasteiger partial charge in [0, 0.05) is 55.6 Å². The fourth-order valence-electron chi connectivity index (χ4n) is 3.80. The average molecular weight is 425 g/mol. The number of amides is 1. The molecule has 5 nitrogen and oxygen atoms in total. The number of fused-ring (bicyclic) bond motifs is 1. The highest BCUT2D eigenvalue weighted by molar-refractivity contribution is 6.35. The molecule has 0 N–H and O–H groups in total. The van der Waals surface area contributed by atoms with Crippen molar-refractivity contribution in [2.24, 2.45) is 0 Å². The van der Waals surface area contributed by atoms with Crippen LogP contribution in [0.2, 0.25) is 5.02 Å². The molecule has 0 saturated carbocycles. The summed E-state index contributed by atoms with van der Waals surface area (Å²) in [5.41, 5.74) is 2.84. The third-order valence-electron chi connectivity index (χ3n) is 5.55. The fourth-order valence-corrected chi connectivity index (χ4v) is 4.06. The van der Waals surface area contributed by atoms with Crippen LogP contribution in [0.1, 0.15) is 26.2 Å². The molecule has 30 heavy (non-hydrogen) atoms. The van der Waals surface area contributed by atoms with Gasteiger partial charge in [0.15, 0.2) is 0 Å². The number of piperidine rings is 1. The zero-order valence-electron chi connectivity index (χ0n) is 17.2. The van der Waals surface area contributed by atoms with Crippen LogP contribution in [0.4, 0.5) is 0 Å². The van der Waals surface area contributed by atoms with Crippen LogP contribution in [-0.4, -0.2) is 42.1 Å². The lowest BCUT2D eigenvalue weighted by molar-refractivity contribution is -0.132. The number of likely N-dealkylation sites (tertiary alicyclic amines) is 1. The van der Waals surface area contributed by atoms with Gasteiger partial charge < -0.3 is 14.4 Å². The molecule has 1 amide bonds. The smallest absolute Gasteiger partial charge is 0.222 e. The van der Waals surface area contributed by atoms with Gasteiger partial charge in [-0.2, -0.15) is 0 Å². The third kappa shape index (κ3) is 4.36. The first kappa shape index (κ1) is 20.5. The van der Waals surface area contributed by atoms with Gasteiger partial charge in [0.05, 0.1) is 17.6 Å². The highest BCUT2D eigenvalue weighted by atomic mass is 35.5. The molecule has 1 fully saturated rings. The van der Waals surface area contributed by atoms with Gasteiger partial charge in [-0.05, 0) is 29.8 Å². The summed E-state index contributed by atoms with van der Waals surface area (Å²) >= 11 is 6.41. The van der Waals surface area contributed by atoms with Crippen LogP contribution < -0.4 is 9.47 Å². The number of carbonyl (C=O) groups is 1. The van der Waals surface area contributed by atoms with E-state index in [1.807, 2.05) is 54.4 Å². The van der Waals surface area contributed by atoms with Crippen molar-refractivity contribution in [3.63, 3.8) is 0 Å². The predicted molar refractivity (Wildman–Crippen MR) is 119 cm³/mol. The SMILES string of the molecule is CCC(=O)N1CCC(Oc2ccc(-c3cnc4cc(OC)cc(Cl)c4c3)cc2)CC1. The summed E-state index contributed by atoms with van der Waals surface area (Å²) in [5.74, 6) is 1.76. The molecule has 0 spiro atoms. The van der Waals surface area contributed by atoms with E-state index in [9.17, 15) is 4.79 Å². The Morgan fingerprint density at radius 2 is 1.83 bits per heavy atom. The molecule has 0 aliphatic carbocycles. The molecular formula is C24H25ClN2O3. The predicted octanol–water partition coefficient (Wildman–Crippen LogP) is 5.34. The Morgan fingerprint density at radius 3 is 2.50 bits per heavy atom. The quantitative estimate of drug-likeness (QED) is 0.554. The lowest BCUT2D eigenvalue weighted by atomic mass is 10.0. The van der Waals surface area contributed by atoms with Crippen LogP contribution in [0.15, 0.2) is 48.7 Å². The first-order valence-corrected chi connectivity index (χ1v) is 10.6. The summed E-state index contributed by atoms with van der Waals surface area (Å²) in [6.45, 7) is 3.44. The van der Waals surface area contributed by atoms with E-state index in [0.29, 0.717) is 17.2 Å². The molecule has 0 radical (unpaired) electrons. The monoisotopic (exact) mass is 424 g/mol. The van der Waals surface area contributed by atoms with Crippen LogP contribution in [-0.2, 0) is 4.79 Å². The number of benzene rings is 2. The molecule has 2 heterocycles. The van der Waals surface area contributed by atoms with Crippen molar-refractivity contribution in [2.45, 2.75) is 32.3 Å². The summed E-state index contributed by atoms with van der Waals surface area (Å²) in [5, 5.41) is 1.51. The van der Waals surface area contributed by atoms with Crippen LogP contribution in [0.25, 0.3) is 22.0 Å². The minimum Gasteiger partial charge on any atom is -0.497 e. The Balaban J connectivity index is 1.45. The highest BCUT2D eigenvalue weighted by Gasteiger charge is 2.22. The van der Waals surface area contributed by atoms with Crippen LogP contribution in [0, 0.1) is 0 Å². The molecular weight excluding hydrogens is 400 g/mol. The topological polar surface area (TPSA) is 51.7 Å². The van der Waals surface area contributed by atoms with Gasteiger partial charge in [-0.15, -0.1) is 0 Å². The second-order valence-electron chi connectivity index (χ2n) is 7.48. The van der Waals surface area contributed by atoms with Crippen molar-refractivity contribution in [3.8, 4) is 22.6 Å². The molecule has 1 aliphatic rings. The number of carbonyl (C=O) groups excluding carboxylic acids is 1.